The van der Waals surface area contributed by atoms with Crippen molar-refractivity contribution in [3.8, 4) is 11.5 Å². The number of amides is 1. The number of methoxy groups -OCH3 is 2. The van der Waals surface area contributed by atoms with Gasteiger partial charge in [0.05, 0.1) is 14.2 Å². The predicted octanol–water partition coefficient (Wildman–Crippen LogP) is 3.73. The summed E-state index contributed by atoms with van der Waals surface area (Å²) in [6.45, 7) is 3.31. The van der Waals surface area contributed by atoms with E-state index in [1.165, 1.54) is 18.5 Å². The highest BCUT2D eigenvalue weighted by Gasteiger charge is 2.20. The van der Waals surface area contributed by atoms with E-state index in [1.807, 2.05) is 12.1 Å². The molecule has 1 heterocycles. The van der Waals surface area contributed by atoms with Gasteiger partial charge in [0.25, 0.3) is 5.91 Å². The van der Waals surface area contributed by atoms with Gasteiger partial charge in [-0.3, -0.25) is 4.79 Å². The summed E-state index contributed by atoms with van der Waals surface area (Å²) in [4.78, 5) is 17.3. The van der Waals surface area contributed by atoms with Crippen molar-refractivity contribution < 1.29 is 14.3 Å². The van der Waals surface area contributed by atoms with Crippen LogP contribution in [0.1, 0.15) is 23.2 Å². The second-order valence-electron chi connectivity index (χ2n) is 7.80. The first kappa shape index (κ1) is 21.0. The average Bonchev–Trinajstić information content (AvgIpc) is 2.74. The Morgan fingerprint density at radius 3 is 2.14 bits per heavy atom. The van der Waals surface area contributed by atoms with Gasteiger partial charge in [-0.2, -0.15) is 0 Å². The van der Waals surface area contributed by atoms with Crippen LogP contribution >= 0.6 is 0 Å². The molecular formula is C23H31N3O3. The highest BCUT2D eigenvalue weighted by atomic mass is 16.5. The van der Waals surface area contributed by atoms with Gasteiger partial charge >= 0.3 is 0 Å². The van der Waals surface area contributed by atoms with E-state index in [-0.39, 0.29) is 5.91 Å². The molecule has 6 heteroatoms. The lowest BCUT2D eigenvalue weighted by molar-refractivity contribution is 0.102. The summed E-state index contributed by atoms with van der Waals surface area (Å²) in [5, 5.41) is 2.95. The third kappa shape index (κ3) is 5.64. The van der Waals surface area contributed by atoms with Gasteiger partial charge in [-0.15, -0.1) is 0 Å². The molecule has 1 N–H and O–H groups in total. The van der Waals surface area contributed by atoms with Gasteiger partial charge in [0.15, 0.2) is 0 Å². The summed E-state index contributed by atoms with van der Waals surface area (Å²) in [6, 6.07) is 13.2. The number of rotatable bonds is 7. The fourth-order valence-electron chi connectivity index (χ4n) is 3.79. The van der Waals surface area contributed by atoms with E-state index in [1.54, 1.807) is 32.4 Å². The summed E-state index contributed by atoms with van der Waals surface area (Å²) in [6.07, 6.45) is 2.43. The first-order chi connectivity index (χ1) is 14.0. The maximum atomic E-state index is 12.6. The standard InChI is InChI=1S/C23H31N3O3/c1-25(2)16-17-9-11-26(12-10-17)20-7-5-19(6-8-20)24-23(27)18-13-21(28-3)15-22(14-18)29-4/h5-8,13-15,17H,9-12,16H2,1-4H3,(H,24,27). The molecule has 2 aromatic rings. The first-order valence-corrected chi connectivity index (χ1v) is 10.0. The molecule has 0 unspecified atom stereocenters. The Morgan fingerprint density at radius 2 is 1.62 bits per heavy atom. The maximum Gasteiger partial charge on any atom is 0.255 e. The van der Waals surface area contributed by atoms with Crippen LogP contribution in [0, 0.1) is 5.92 Å². The normalized spacial score (nSPS) is 14.7. The molecule has 0 atom stereocenters. The minimum absolute atomic E-state index is 0.195. The van der Waals surface area contributed by atoms with Gasteiger partial charge in [0, 0.05) is 42.6 Å². The van der Waals surface area contributed by atoms with Crippen LogP contribution in [-0.4, -0.2) is 58.8 Å². The Labute approximate surface area is 173 Å². The number of nitrogens with zero attached hydrogens (tertiary/aromatic N) is 2. The zero-order valence-corrected chi connectivity index (χ0v) is 17.8. The number of carbonyl (C=O) groups is 1. The highest BCUT2D eigenvalue weighted by Crippen LogP contribution is 2.26. The molecule has 6 nitrogen and oxygen atoms in total. The minimum Gasteiger partial charge on any atom is -0.497 e. The van der Waals surface area contributed by atoms with Crippen molar-refractivity contribution in [3.05, 3.63) is 48.0 Å². The lowest BCUT2D eigenvalue weighted by Crippen LogP contribution is -2.37. The van der Waals surface area contributed by atoms with Crippen molar-refractivity contribution in [3.63, 3.8) is 0 Å². The van der Waals surface area contributed by atoms with Crippen molar-refractivity contribution in [1.29, 1.82) is 0 Å². The predicted molar refractivity (Wildman–Crippen MR) is 117 cm³/mol. The fraction of sp³-hybridized carbons (Fsp3) is 0.435. The largest absolute Gasteiger partial charge is 0.497 e. The second-order valence-corrected chi connectivity index (χ2v) is 7.80. The zero-order chi connectivity index (χ0) is 20.8. The van der Waals surface area contributed by atoms with E-state index in [2.05, 4.69) is 41.3 Å². The molecular weight excluding hydrogens is 366 g/mol. The van der Waals surface area contributed by atoms with Gasteiger partial charge < -0.3 is 24.6 Å². The summed E-state index contributed by atoms with van der Waals surface area (Å²) >= 11 is 0. The van der Waals surface area contributed by atoms with Gasteiger partial charge in [-0.1, -0.05) is 0 Å². The first-order valence-electron chi connectivity index (χ1n) is 10.0. The molecule has 0 aromatic heterocycles. The number of benzene rings is 2. The Bertz CT molecular complexity index is 790. The summed E-state index contributed by atoms with van der Waals surface area (Å²) in [5.74, 6) is 1.75. The van der Waals surface area contributed by atoms with E-state index in [0.29, 0.717) is 17.1 Å². The topological polar surface area (TPSA) is 54.0 Å². The van der Waals surface area contributed by atoms with Crippen LogP contribution in [0.5, 0.6) is 11.5 Å². The lowest BCUT2D eigenvalue weighted by Gasteiger charge is -2.34. The zero-order valence-electron chi connectivity index (χ0n) is 17.8. The van der Waals surface area contributed by atoms with Crippen molar-refractivity contribution in [2.45, 2.75) is 12.8 Å². The molecule has 29 heavy (non-hydrogen) atoms. The van der Waals surface area contributed by atoms with Gasteiger partial charge in [-0.05, 0) is 69.3 Å². The number of hydrogen-bond donors (Lipinski definition) is 1. The van der Waals surface area contributed by atoms with Crippen LogP contribution in [-0.2, 0) is 0 Å². The van der Waals surface area contributed by atoms with E-state index >= 15 is 0 Å². The molecule has 0 spiro atoms. The molecule has 1 aliphatic rings. The van der Waals surface area contributed by atoms with Gasteiger partial charge in [-0.25, -0.2) is 0 Å². The number of carbonyl (C=O) groups excluding carboxylic acids is 1. The molecule has 1 amide bonds. The van der Waals surface area contributed by atoms with Crippen LogP contribution in [0.2, 0.25) is 0 Å². The Morgan fingerprint density at radius 1 is 1.03 bits per heavy atom. The number of anilines is 2. The Balaban J connectivity index is 1.60. The number of ether oxygens (including phenoxy) is 2. The van der Waals surface area contributed by atoms with Crippen molar-refractivity contribution >= 4 is 17.3 Å². The number of nitrogens with one attached hydrogen (secondary N) is 1. The quantitative estimate of drug-likeness (QED) is 0.771. The summed E-state index contributed by atoms with van der Waals surface area (Å²) in [5.41, 5.74) is 2.46. The van der Waals surface area contributed by atoms with Crippen LogP contribution in [0.15, 0.2) is 42.5 Å². The minimum atomic E-state index is -0.195. The third-order valence-corrected chi connectivity index (χ3v) is 5.34. The molecule has 156 valence electrons. The van der Waals surface area contributed by atoms with Crippen molar-refractivity contribution in [2.24, 2.45) is 5.92 Å². The molecule has 0 bridgehead atoms. The lowest BCUT2D eigenvalue weighted by atomic mass is 9.96. The van der Waals surface area contributed by atoms with Crippen LogP contribution in [0.25, 0.3) is 0 Å². The molecule has 1 aliphatic heterocycles. The molecule has 0 saturated carbocycles. The van der Waals surface area contributed by atoms with Gasteiger partial charge in [0.2, 0.25) is 0 Å². The number of piperidine rings is 1. The van der Waals surface area contributed by atoms with E-state index in [0.717, 1.165) is 31.2 Å². The molecule has 3 rings (SSSR count). The molecule has 1 fully saturated rings. The molecule has 2 aromatic carbocycles. The maximum absolute atomic E-state index is 12.6. The smallest absolute Gasteiger partial charge is 0.255 e. The summed E-state index contributed by atoms with van der Waals surface area (Å²) in [7, 11) is 7.42. The monoisotopic (exact) mass is 397 g/mol. The summed E-state index contributed by atoms with van der Waals surface area (Å²) < 4.78 is 10.5. The third-order valence-electron chi connectivity index (χ3n) is 5.34. The molecule has 1 saturated heterocycles. The van der Waals surface area contributed by atoms with Crippen LogP contribution in [0.4, 0.5) is 11.4 Å². The highest BCUT2D eigenvalue weighted by molar-refractivity contribution is 6.04. The number of hydrogen-bond acceptors (Lipinski definition) is 5. The van der Waals surface area contributed by atoms with Gasteiger partial charge in [0.1, 0.15) is 11.5 Å². The second kappa shape index (κ2) is 9.65. The molecule has 0 radical (unpaired) electrons. The molecule has 0 aliphatic carbocycles. The van der Waals surface area contributed by atoms with Crippen molar-refractivity contribution in [1.82, 2.24) is 4.90 Å². The van der Waals surface area contributed by atoms with Crippen molar-refractivity contribution in [2.75, 3.05) is 58.2 Å². The van der Waals surface area contributed by atoms with E-state index in [9.17, 15) is 4.79 Å². The van der Waals surface area contributed by atoms with Crippen LogP contribution < -0.4 is 19.7 Å². The SMILES string of the molecule is COc1cc(OC)cc(C(=O)Nc2ccc(N3CCC(CN(C)C)CC3)cc2)c1. The Hall–Kier alpha value is -2.73. The van der Waals surface area contributed by atoms with E-state index < -0.39 is 0 Å². The van der Waals surface area contributed by atoms with E-state index in [4.69, 9.17) is 9.47 Å². The average molecular weight is 398 g/mol. The fourth-order valence-corrected chi connectivity index (χ4v) is 3.79. The van der Waals surface area contributed by atoms with Crippen LogP contribution in [0.3, 0.4) is 0 Å². The Kier molecular flexibility index (Phi) is 6.99.